The fraction of sp³-hybridized carbons (Fsp3) is 0.0714. The predicted molar refractivity (Wildman–Crippen MR) is 363 cm³/mol. The Labute approximate surface area is 513 Å². The minimum atomic E-state index is -0.732. The molecule has 4 aliphatic carbocycles. The fourth-order valence-electron chi connectivity index (χ4n) is 16.0. The maximum atomic E-state index is 5.52. The lowest BCUT2D eigenvalue weighted by molar-refractivity contribution is 0.758. The van der Waals surface area contributed by atoms with Crippen LogP contribution in [0.4, 0.5) is 34.1 Å². The third-order valence-electron chi connectivity index (χ3n) is 20.1. The van der Waals surface area contributed by atoms with Crippen LogP contribution in [-0.2, 0) is 10.8 Å². The first kappa shape index (κ1) is 50.4. The first-order valence-corrected chi connectivity index (χ1v) is 30.7. The monoisotopic (exact) mass is 1120 g/mol. The van der Waals surface area contributed by atoms with E-state index in [1.54, 1.807) is 0 Å². The molecule has 0 radical (unpaired) electrons. The van der Waals surface area contributed by atoms with Gasteiger partial charge in [-0.2, -0.15) is 0 Å². The first-order valence-electron chi connectivity index (χ1n) is 30.7. The summed E-state index contributed by atoms with van der Waals surface area (Å²) < 4.78 is 0. The smallest absolute Gasteiger partial charge is 0.0899 e. The summed E-state index contributed by atoms with van der Waals surface area (Å²) in [6.45, 7) is 9.02. The highest BCUT2D eigenvalue weighted by atomic mass is 15.1. The average Bonchev–Trinajstić information content (AvgIpc) is 1.52. The van der Waals surface area contributed by atoms with E-state index in [0.29, 0.717) is 0 Å². The van der Waals surface area contributed by atoms with Crippen LogP contribution in [0.2, 0.25) is 0 Å². The molecule has 0 amide bonds. The normalized spacial score (nSPS) is 15.8. The van der Waals surface area contributed by atoms with Crippen LogP contribution < -0.4 is 9.80 Å². The molecule has 0 fully saturated rings. The van der Waals surface area contributed by atoms with Crippen molar-refractivity contribution in [2.24, 2.45) is 0 Å². The predicted octanol–water partition coefficient (Wildman–Crippen LogP) is 21.3. The van der Waals surface area contributed by atoms with Crippen molar-refractivity contribution in [2.75, 3.05) is 9.80 Å². The molecule has 414 valence electrons. The molecule has 4 aliphatic rings. The van der Waals surface area contributed by atoms with Crippen molar-refractivity contribution in [3.8, 4) is 55.6 Å². The molecule has 2 spiro atoms. The van der Waals surface area contributed by atoms with Gasteiger partial charge in [-0.15, -0.1) is 0 Å². The summed E-state index contributed by atoms with van der Waals surface area (Å²) in [5.41, 5.74) is 32.0. The molecular weight excluding hydrogens is 1060 g/mol. The van der Waals surface area contributed by atoms with Crippen LogP contribution in [0, 0.1) is 27.7 Å². The molecule has 0 unspecified atom stereocenters. The van der Waals surface area contributed by atoms with Gasteiger partial charge in [0.2, 0.25) is 0 Å². The highest BCUT2D eigenvalue weighted by Gasteiger charge is 2.55. The van der Waals surface area contributed by atoms with Gasteiger partial charge < -0.3 is 9.80 Å². The number of anilines is 6. The molecule has 0 aliphatic heterocycles. The van der Waals surface area contributed by atoms with Crippen LogP contribution in [0.3, 0.4) is 0 Å². The molecule has 0 saturated carbocycles. The van der Waals surface area contributed by atoms with Crippen LogP contribution in [0.1, 0.15) is 67.0 Å². The zero-order valence-corrected chi connectivity index (χ0v) is 49.3. The number of nitrogens with zero attached hydrogens (tertiary/aromatic N) is 4. The van der Waals surface area contributed by atoms with Gasteiger partial charge in [-0.05, 0) is 224 Å². The van der Waals surface area contributed by atoms with E-state index in [0.717, 1.165) is 56.6 Å². The first-order chi connectivity index (χ1) is 43.3. The highest BCUT2D eigenvalue weighted by Crippen LogP contribution is 2.66. The molecule has 0 saturated heterocycles. The third kappa shape index (κ3) is 6.86. The summed E-state index contributed by atoms with van der Waals surface area (Å²) in [5, 5.41) is 4.80. The summed E-state index contributed by atoms with van der Waals surface area (Å²) in [7, 11) is 0. The van der Waals surface area contributed by atoms with E-state index in [1.165, 1.54) is 122 Å². The molecular formula is C84H58N4. The van der Waals surface area contributed by atoms with Gasteiger partial charge in [0, 0.05) is 57.0 Å². The number of pyridine rings is 2. The summed E-state index contributed by atoms with van der Waals surface area (Å²) >= 11 is 0. The zero-order chi connectivity index (χ0) is 58.6. The number of benzene rings is 12. The Balaban J connectivity index is 0.868. The number of aryl methyl sites for hydroxylation is 4. The summed E-state index contributed by atoms with van der Waals surface area (Å²) in [4.78, 5) is 15.9. The number of rotatable bonds is 7. The van der Waals surface area contributed by atoms with Crippen molar-refractivity contribution >= 4 is 55.7 Å². The second-order valence-electron chi connectivity index (χ2n) is 24.6. The van der Waals surface area contributed by atoms with E-state index < -0.39 is 10.8 Å². The molecule has 4 heteroatoms. The second-order valence-corrected chi connectivity index (χ2v) is 24.6. The van der Waals surface area contributed by atoms with Crippen LogP contribution in [-0.4, -0.2) is 9.97 Å². The molecule has 14 aromatic rings. The van der Waals surface area contributed by atoms with Gasteiger partial charge in [0.1, 0.15) is 0 Å². The number of para-hydroxylation sites is 2. The van der Waals surface area contributed by atoms with Crippen molar-refractivity contribution in [3.63, 3.8) is 0 Å². The van der Waals surface area contributed by atoms with E-state index in [2.05, 4.69) is 304 Å². The SMILES string of the molecule is Cc1cc2c(cc1C)[C@]1(c3cc(-c4ccc5c(c4)[C@@]4(c6cc(N(c7ccccc7)c7cccc8ccccc78)ccc6-5)c5cc(C)c(C)cc5-c5cccnc54)ccc3-c3ccc(N(c4ccccc4)c4cccc5ccccc45)cc31)c1ncccc1-2. The molecule has 0 N–H and O–H groups in total. The standard InChI is InChI=1S/C84H58N4/c1-51-43-71-69-29-17-41-85-81(69)83(73(71)45-53(51)3)75-47-57(33-37-65(75)67-39-35-61(49-77(67)83)87(59-23-7-5-8-24-59)79-31-15-21-55-19-11-13-27-63(55)79)58-34-38-66-68-40-36-62(88(60-25-9-6-10-26-60)80-32-16-22-56-20-12-14-28-64(56)80)50-78(68)84(76(66)48-58)74-46-54(4)52(2)44-72(74)70-30-18-42-86-82(70)84/h5-50H,1-4H3/t83-,84-/m1/s1. The van der Waals surface area contributed by atoms with Crippen LogP contribution in [0.25, 0.3) is 77.2 Å². The molecule has 12 aromatic carbocycles. The van der Waals surface area contributed by atoms with E-state index in [9.17, 15) is 0 Å². The number of hydrogen-bond donors (Lipinski definition) is 0. The minimum Gasteiger partial charge on any atom is -0.310 e. The molecule has 4 nitrogen and oxygen atoms in total. The molecule has 88 heavy (non-hydrogen) atoms. The lowest BCUT2D eigenvalue weighted by Gasteiger charge is -2.32. The Morgan fingerprint density at radius 3 is 1.07 bits per heavy atom. The second kappa shape index (κ2) is 18.8. The quantitative estimate of drug-likeness (QED) is 0.159. The number of fused-ring (bicyclic) bond motifs is 22. The summed E-state index contributed by atoms with van der Waals surface area (Å²) in [6, 6.07) is 100. The Morgan fingerprint density at radius 2 is 0.625 bits per heavy atom. The Bertz CT molecular complexity index is 4950. The molecule has 2 heterocycles. The molecule has 2 atom stereocenters. The van der Waals surface area contributed by atoms with E-state index in [1.807, 2.05) is 12.4 Å². The van der Waals surface area contributed by atoms with Gasteiger partial charge in [0.15, 0.2) is 0 Å². The van der Waals surface area contributed by atoms with Gasteiger partial charge in [-0.3, -0.25) is 9.97 Å². The van der Waals surface area contributed by atoms with Crippen molar-refractivity contribution in [2.45, 2.75) is 38.5 Å². The van der Waals surface area contributed by atoms with Crippen LogP contribution in [0.15, 0.2) is 279 Å². The minimum absolute atomic E-state index is 0.732. The maximum absolute atomic E-state index is 5.52. The Hall–Kier alpha value is -10.9. The number of aromatic nitrogens is 2. The Morgan fingerprint density at radius 1 is 0.261 bits per heavy atom. The summed E-state index contributed by atoms with van der Waals surface area (Å²) in [5.74, 6) is 0. The molecule has 2 aromatic heterocycles. The average molecular weight is 1120 g/mol. The zero-order valence-electron chi connectivity index (χ0n) is 49.3. The molecule has 0 bridgehead atoms. The van der Waals surface area contributed by atoms with Gasteiger partial charge in [-0.25, -0.2) is 0 Å². The lowest BCUT2D eigenvalue weighted by atomic mass is 9.71. The Kier molecular flexibility index (Phi) is 10.8. The van der Waals surface area contributed by atoms with Crippen molar-refractivity contribution < 1.29 is 0 Å². The van der Waals surface area contributed by atoms with Gasteiger partial charge in [-0.1, -0.05) is 182 Å². The van der Waals surface area contributed by atoms with Gasteiger partial charge in [0.25, 0.3) is 0 Å². The highest BCUT2D eigenvalue weighted by molar-refractivity contribution is 6.04. The number of hydrogen-bond acceptors (Lipinski definition) is 4. The van der Waals surface area contributed by atoms with Crippen LogP contribution in [0.5, 0.6) is 0 Å². The topological polar surface area (TPSA) is 32.3 Å². The van der Waals surface area contributed by atoms with Crippen molar-refractivity contribution in [3.05, 3.63) is 346 Å². The van der Waals surface area contributed by atoms with Crippen molar-refractivity contribution in [1.82, 2.24) is 9.97 Å². The van der Waals surface area contributed by atoms with Gasteiger partial charge in [0.05, 0.1) is 33.6 Å². The van der Waals surface area contributed by atoms with Crippen molar-refractivity contribution in [1.29, 1.82) is 0 Å². The van der Waals surface area contributed by atoms with E-state index >= 15 is 0 Å². The van der Waals surface area contributed by atoms with E-state index in [-0.39, 0.29) is 0 Å². The molecule has 18 rings (SSSR count). The largest absolute Gasteiger partial charge is 0.310 e. The lowest BCUT2D eigenvalue weighted by Crippen LogP contribution is -2.28. The summed E-state index contributed by atoms with van der Waals surface area (Å²) in [6.07, 6.45) is 4.01. The fourth-order valence-corrected chi connectivity index (χ4v) is 16.0. The van der Waals surface area contributed by atoms with Gasteiger partial charge >= 0.3 is 0 Å². The third-order valence-corrected chi connectivity index (χ3v) is 20.1. The van der Waals surface area contributed by atoms with Crippen LogP contribution >= 0.6 is 0 Å². The maximum Gasteiger partial charge on any atom is 0.0899 e. The van der Waals surface area contributed by atoms with E-state index in [4.69, 9.17) is 9.97 Å².